The number of benzene rings is 1. The Hall–Kier alpha value is -1.95. The number of aromatic hydroxyl groups is 1. The molecule has 32 heavy (non-hydrogen) atoms. The van der Waals surface area contributed by atoms with Crippen molar-refractivity contribution < 1.29 is 10.2 Å². The molecule has 4 aliphatic rings. The Balaban J connectivity index is 1.31. The molecule has 170 valence electrons. The lowest BCUT2D eigenvalue weighted by molar-refractivity contribution is -0.149. The van der Waals surface area contributed by atoms with Crippen LogP contribution in [0.4, 0.5) is 0 Å². The fourth-order valence-corrected chi connectivity index (χ4v) is 6.95. The summed E-state index contributed by atoms with van der Waals surface area (Å²) >= 11 is 0. The van der Waals surface area contributed by atoms with Crippen LogP contribution in [-0.4, -0.2) is 69.4 Å². The SMILES string of the molecule is Oc1ccc2c(c1)[C@@]13CCN(CCc4ccccn4)CC[C@@]1(O)[C@@H](C2)N(CC1CC1)CC3. The molecule has 3 fully saturated rings. The van der Waals surface area contributed by atoms with E-state index in [1.54, 1.807) is 0 Å². The third-order valence-corrected chi connectivity index (χ3v) is 8.93. The van der Waals surface area contributed by atoms with Crippen molar-refractivity contribution in [1.29, 1.82) is 0 Å². The van der Waals surface area contributed by atoms with Crippen LogP contribution in [0.3, 0.4) is 0 Å². The van der Waals surface area contributed by atoms with E-state index in [-0.39, 0.29) is 11.5 Å². The van der Waals surface area contributed by atoms with E-state index in [9.17, 15) is 10.2 Å². The molecule has 2 saturated heterocycles. The van der Waals surface area contributed by atoms with E-state index in [4.69, 9.17) is 0 Å². The minimum atomic E-state index is -0.735. The second-order valence-electron chi connectivity index (χ2n) is 10.7. The van der Waals surface area contributed by atoms with Gasteiger partial charge in [-0.1, -0.05) is 12.1 Å². The highest BCUT2D eigenvalue weighted by Crippen LogP contribution is 2.56. The van der Waals surface area contributed by atoms with E-state index in [1.807, 2.05) is 24.4 Å². The highest BCUT2D eigenvalue weighted by atomic mass is 16.3. The molecular formula is C27H35N3O2. The van der Waals surface area contributed by atoms with Gasteiger partial charge in [0.15, 0.2) is 0 Å². The van der Waals surface area contributed by atoms with Crippen molar-refractivity contribution in [2.45, 2.75) is 62.0 Å². The molecule has 3 atom stereocenters. The Morgan fingerprint density at radius 1 is 1.03 bits per heavy atom. The van der Waals surface area contributed by atoms with E-state index >= 15 is 0 Å². The number of phenolic OH excluding ortho intramolecular Hbond substituents is 1. The Morgan fingerprint density at radius 2 is 1.88 bits per heavy atom. The lowest BCUT2D eigenvalue weighted by atomic mass is 9.52. The quantitative estimate of drug-likeness (QED) is 0.759. The first-order valence-electron chi connectivity index (χ1n) is 12.5. The monoisotopic (exact) mass is 433 g/mol. The molecule has 1 aromatic carbocycles. The van der Waals surface area contributed by atoms with Gasteiger partial charge in [0, 0.05) is 49.4 Å². The molecule has 0 radical (unpaired) electrons. The molecule has 1 saturated carbocycles. The number of nitrogens with zero attached hydrogens (tertiary/aromatic N) is 3. The van der Waals surface area contributed by atoms with Gasteiger partial charge in [-0.05, 0) is 92.9 Å². The molecule has 2 bridgehead atoms. The zero-order chi connectivity index (χ0) is 21.8. The molecule has 2 aliphatic carbocycles. The average molecular weight is 434 g/mol. The van der Waals surface area contributed by atoms with Crippen molar-refractivity contribution in [3.8, 4) is 5.75 Å². The van der Waals surface area contributed by atoms with Gasteiger partial charge in [0.1, 0.15) is 5.75 Å². The van der Waals surface area contributed by atoms with Crippen LogP contribution in [0.15, 0.2) is 42.6 Å². The highest BCUT2D eigenvalue weighted by molar-refractivity contribution is 5.48. The Morgan fingerprint density at radius 3 is 2.69 bits per heavy atom. The van der Waals surface area contributed by atoms with Gasteiger partial charge in [0.05, 0.1) is 5.60 Å². The smallest absolute Gasteiger partial charge is 0.115 e. The third-order valence-electron chi connectivity index (χ3n) is 8.93. The van der Waals surface area contributed by atoms with Crippen molar-refractivity contribution in [2.24, 2.45) is 5.92 Å². The van der Waals surface area contributed by atoms with Gasteiger partial charge in [-0.25, -0.2) is 0 Å². The minimum absolute atomic E-state index is 0.185. The van der Waals surface area contributed by atoms with E-state index in [2.05, 4.69) is 33.0 Å². The molecule has 1 aromatic heterocycles. The second-order valence-corrected chi connectivity index (χ2v) is 10.7. The van der Waals surface area contributed by atoms with Crippen molar-refractivity contribution >= 4 is 0 Å². The van der Waals surface area contributed by atoms with Gasteiger partial charge in [-0.3, -0.25) is 9.88 Å². The number of pyridine rings is 1. The summed E-state index contributed by atoms with van der Waals surface area (Å²) in [5.41, 5.74) is 2.69. The molecule has 0 spiro atoms. The number of fused-ring (bicyclic) bond motifs is 1. The Labute approximate surface area is 191 Å². The van der Waals surface area contributed by atoms with E-state index in [1.165, 1.54) is 24.0 Å². The summed E-state index contributed by atoms with van der Waals surface area (Å²) < 4.78 is 0. The molecule has 2 N–H and O–H groups in total. The largest absolute Gasteiger partial charge is 0.508 e. The first-order chi connectivity index (χ1) is 15.6. The maximum atomic E-state index is 12.5. The van der Waals surface area contributed by atoms with Crippen LogP contribution < -0.4 is 0 Å². The lowest BCUT2D eigenvalue weighted by Gasteiger charge is -2.61. The van der Waals surface area contributed by atoms with Crippen molar-refractivity contribution in [3.63, 3.8) is 0 Å². The maximum absolute atomic E-state index is 12.5. The lowest BCUT2D eigenvalue weighted by Crippen LogP contribution is -2.71. The van der Waals surface area contributed by atoms with E-state index < -0.39 is 5.60 Å². The number of rotatable bonds is 5. The van der Waals surface area contributed by atoms with Crippen molar-refractivity contribution in [1.82, 2.24) is 14.8 Å². The first kappa shape index (κ1) is 20.6. The van der Waals surface area contributed by atoms with Crippen LogP contribution in [0.2, 0.25) is 0 Å². The first-order valence-corrected chi connectivity index (χ1v) is 12.5. The summed E-state index contributed by atoms with van der Waals surface area (Å²) in [7, 11) is 0. The topological polar surface area (TPSA) is 59.8 Å². The Bertz CT molecular complexity index is 978. The van der Waals surface area contributed by atoms with E-state index in [0.717, 1.165) is 76.4 Å². The molecule has 0 amide bonds. The highest BCUT2D eigenvalue weighted by Gasteiger charge is 2.63. The normalized spacial score (nSPS) is 32.7. The third kappa shape index (κ3) is 3.37. The number of hydrogen-bond acceptors (Lipinski definition) is 5. The number of likely N-dealkylation sites (tertiary alicyclic amines) is 2. The summed E-state index contributed by atoms with van der Waals surface area (Å²) in [4.78, 5) is 9.65. The summed E-state index contributed by atoms with van der Waals surface area (Å²) in [6, 6.07) is 12.2. The van der Waals surface area contributed by atoms with Crippen LogP contribution in [0.25, 0.3) is 0 Å². The zero-order valence-electron chi connectivity index (χ0n) is 18.9. The van der Waals surface area contributed by atoms with Crippen LogP contribution >= 0.6 is 0 Å². The second kappa shape index (κ2) is 7.82. The molecule has 0 unspecified atom stereocenters. The summed E-state index contributed by atoms with van der Waals surface area (Å²) in [6.07, 6.45) is 9.14. The number of piperidine rings is 1. The van der Waals surface area contributed by atoms with Crippen LogP contribution in [0.1, 0.15) is 48.9 Å². The number of hydrogen-bond donors (Lipinski definition) is 2. The summed E-state index contributed by atoms with van der Waals surface area (Å²) in [5.74, 6) is 1.16. The summed E-state index contributed by atoms with van der Waals surface area (Å²) in [5, 5.41) is 22.9. The number of phenols is 1. The predicted octanol–water partition coefficient (Wildman–Crippen LogP) is 3.14. The van der Waals surface area contributed by atoms with Crippen LogP contribution in [-0.2, 0) is 18.3 Å². The molecule has 6 rings (SSSR count). The number of aliphatic hydroxyl groups is 1. The predicted molar refractivity (Wildman–Crippen MR) is 125 cm³/mol. The van der Waals surface area contributed by atoms with Gasteiger partial charge in [0.2, 0.25) is 0 Å². The standard InChI is InChI=1S/C27H35N3O2/c31-23-7-6-21-17-25-27(32)11-15-29(13-8-22-3-1-2-12-28-22)14-9-26(27,24(21)18-23)10-16-30(25)19-20-4-5-20/h1-3,6-7,12,18,20,25,31-32H,4-5,8-11,13-17,19H2/t25-,26+,27-/m1/s1. The van der Waals surface area contributed by atoms with Gasteiger partial charge >= 0.3 is 0 Å². The van der Waals surface area contributed by atoms with E-state index in [0.29, 0.717) is 5.75 Å². The molecule has 2 aliphatic heterocycles. The molecular weight excluding hydrogens is 398 g/mol. The van der Waals surface area contributed by atoms with Crippen LogP contribution in [0.5, 0.6) is 5.75 Å². The van der Waals surface area contributed by atoms with Crippen LogP contribution in [0, 0.1) is 5.92 Å². The minimum Gasteiger partial charge on any atom is -0.508 e. The maximum Gasteiger partial charge on any atom is 0.115 e. The number of aromatic nitrogens is 1. The van der Waals surface area contributed by atoms with Crippen molar-refractivity contribution in [2.75, 3.05) is 32.7 Å². The molecule has 3 heterocycles. The fraction of sp³-hybridized carbons (Fsp3) is 0.593. The molecule has 5 nitrogen and oxygen atoms in total. The average Bonchev–Trinajstić information content (AvgIpc) is 3.63. The summed E-state index contributed by atoms with van der Waals surface area (Å²) in [6.45, 7) is 5.09. The zero-order valence-corrected chi connectivity index (χ0v) is 18.9. The molecule has 5 heteroatoms. The fourth-order valence-electron chi connectivity index (χ4n) is 6.95. The Kier molecular flexibility index (Phi) is 5.05. The van der Waals surface area contributed by atoms with Gasteiger partial charge in [-0.2, -0.15) is 0 Å². The van der Waals surface area contributed by atoms with Gasteiger partial charge < -0.3 is 15.1 Å². The molecule has 2 aromatic rings. The van der Waals surface area contributed by atoms with Crippen molar-refractivity contribution in [3.05, 3.63) is 59.4 Å². The van der Waals surface area contributed by atoms with Gasteiger partial charge in [-0.15, -0.1) is 0 Å². The van der Waals surface area contributed by atoms with Gasteiger partial charge in [0.25, 0.3) is 0 Å².